The molecule has 0 spiro atoms. The van der Waals surface area contributed by atoms with Crippen LogP contribution in [-0.2, 0) is 5.54 Å². The van der Waals surface area contributed by atoms with E-state index in [0.29, 0.717) is 11.4 Å². The lowest BCUT2D eigenvalue weighted by Crippen LogP contribution is -2.49. The van der Waals surface area contributed by atoms with Gasteiger partial charge in [0, 0.05) is 37.4 Å². The molecule has 200 valence electrons. The van der Waals surface area contributed by atoms with Gasteiger partial charge in [0.1, 0.15) is 11.8 Å². The van der Waals surface area contributed by atoms with Crippen molar-refractivity contribution in [3.05, 3.63) is 75.3 Å². The summed E-state index contributed by atoms with van der Waals surface area (Å²) in [6, 6.07) is 14.0. The second-order valence-electron chi connectivity index (χ2n) is 10.8. The van der Waals surface area contributed by atoms with Crippen molar-refractivity contribution in [2.24, 2.45) is 0 Å². The summed E-state index contributed by atoms with van der Waals surface area (Å²) in [6.45, 7) is 13.7. The van der Waals surface area contributed by atoms with Crippen molar-refractivity contribution in [3.63, 3.8) is 0 Å². The first kappa shape index (κ1) is 25.9. The fourth-order valence-corrected chi connectivity index (χ4v) is 5.38. The Morgan fingerprint density at radius 3 is 2.42 bits per heavy atom. The number of nitrogens with one attached hydrogen (secondary N) is 1. The molecular weight excluding hydrogens is 478 g/mol. The molecule has 1 aliphatic rings. The Hall–Kier alpha value is -3.72. The van der Waals surface area contributed by atoms with Crippen molar-refractivity contribution in [2.75, 3.05) is 38.2 Å². The Morgan fingerprint density at radius 1 is 1.05 bits per heavy atom. The number of rotatable bonds is 7. The first-order valence-electron chi connectivity index (χ1n) is 13.3. The summed E-state index contributed by atoms with van der Waals surface area (Å²) in [5.41, 5.74) is 4.53. The van der Waals surface area contributed by atoms with Crippen molar-refractivity contribution in [1.82, 2.24) is 30.1 Å². The number of benzene rings is 2. The van der Waals surface area contributed by atoms with E-state index in [1.165, 1.54) is 0 Å². The Balaban J connectivity index is 1.56. The molecule has 1 saturated heterocycles. The van der Waals surface area contributed by atoms with Gasteiger partial charge >= 0.3 is 0 Å². The Bertz CT molecular complexity index is 1480. The fraction of sp³-hybridized carbons (Fsp3) is 0.448. The molecule has 3 heterocycles. The van der Waals surface area contributed by atoms with E-state index in [1.807, 2.05) is 29.8 Å². The lowest BCUT2D eigenvalue weighted by molar-refractivity contribution is 0.186. The fourth-order valence-electron chi connectivity index (χ4n) is 5.38. The number of piperazine rings is 1. The third kappa shape index (κ3) is 4.78. The van der Waals surface area contributed by atoms with Gasteiger partial charge in [-0.25, -0.2) is 4.68 Å². The van der Waals surface area contributed by atoms with Crippen LogP contribution in [0.25, 0.3) is 10.9 Å². The van der Waals surface area contributed by atoms with Crippen molar-refractivity contribution >= 4 is 16.6 Å². The number of aromatic amines is 1. The Labute approximate surface area is 223 Å². The quantitative estimate of drug-likeness (QED) is 0.394. The van der Waals surface area contributed by atoms with Gasteiger partial charge in [-0.1, -0.05) is 18.6 Å². The molecule has 0 saturated carbocycles. The molecule has 0 bridgehead atoms. The number of ether oxygens (including phenoxy) is 1. The lowest BCUT2D eigenvalue weighted by atomic mass is 9.98. The molecule has 1 fully saturated rings. The highest BCUT2D eigenvalue weighted by atomic mass is 16.5. The number of aromatic nitrogens is 5. The zero-order chi connectivity index (χ0) is 27.0. The maximum Gasteiger partial charge on any atom is 0.253 e. The molecule has 9 heteroatoms. The highest BCUT2D eigenvalue weighted by molar-refractivity contribution is 5.83. The number of aryl methyl sites for hydroxylation is 2. The zero-order valence-corrected chi connectivity index (χ0v) is 23.2. The van der Waals surface area contributed by atoms with Crippen molar-refractivity contribution < 1.29 is 4.74 Å². The average Bonchev–Trinajstić information content (AvgIpc) is 3.41. The van der Waals surface area contributed by atoms with Gasteiger partial charge in [-0.3, -0.25) is 9.69 Å². The molecule has 1 N–H and O–H groups in total. The Morgan fingerprint density at radius 2 is 1.76 bits per heavy atom. The van der Waals surface area contributed by atoms with Crippen LogP contribution in [0.5, 0.6) is 5.75 Å². The van der Waals surface area contributed by atoms with Crippen LogP contribution >= 0.6 is 0 Å². The summed E-state index contributed by atoms with van der Waals surface area (Å²) in [7, 11) is 1.68. The van der Waals surface area contributed by atoms with Crippen LogP contribution in [-0.4, -0.2) is 63.4 Å². The van der Waals surface area contributed by atoms with Crippen LogP contribution in [0.4, 0.5) is 5.69 Å². The molecule has 4 aromatic rings. The average molecular weight is 516 g/mol. The summed E-state index contributed by atoms with van der Waals surface area (Å²) in [5, 5.41) is 14.0. The van der Waals surface area contributed by atoms with E-state index in [2.05, 4.69) is 82.3 Å². The van der Waals surface area contributed by atoms with Crippen LogP contribution in [0.3, 0.4) is 0 Å². The van der Waals surface area contributed by atoms with Gasteiger partial charge in [-0.15, -0.1) is 5.10 Å². The van der Waals surface area contributed by atoms with Crippen molar-refractivity contribution in [1.29, 1.82) is 0 Å². The Kier molecular flexibility index (Phi) is 6.96. The van der Waals surface area contributed by atoms with Gasteiger partial charge in [0.05, 0.1) is 18.2 Å². The van der Waals surface area contributed by atoms with Crippen LogP contribution in [0, 0.1) is 13.8 Å². The highest BCUT2D eigenvalue weighted by Gasteiger charge is 2.35. The number of nitrogens with zero attached hydrogens (tertiary/aromatic N) is 6. The molecule has 0 radical (unpaired) electrons. The number of hydrogen-bond acceptors (Lipinski definition) is 7. The molecule has 2 aromatic heterocycles. The summed E-state index contributed by atoms with van der Waals surface area (Å²) in [6.07, 6.45) is 0.857. The first-order valence-corrected chi connectivity index (χ1v) is 13.3. The monoisotopic (exact) mass is 515 g/mol. The lowest BCUT2D eigenvalue weighted by Gasteiger charge is -2.40. The number of fused-ring (bicyclic) bond motifs is 1. The molecular formula is C29H37N7O2. The predicted octanol–water partition coefficient (Wildman–Crippen LogP) is 4.20. The number of anilines is 1. The van der Waals surface area contributed by atoms with Gasteiger partial charge in [-0.05, 0) is 91.9 Å². The second kappa shape index (κ2) is 10.2. The zero-order valence-electron chi connectivity index (χ0n) is 23.2. The van der Waals surface area contributed by atoms with Crippen LogP contribution in [0.15, 0.2) is 47.3 Å². The normalized spacial score (nSPS) is 15.7. The van der Waals surface area contributed by atoms with Gasteiger partial charge in [0.15, 0.2) is 5.82 Å². The summed E-state index contributed by atoms with van der Waals surface area (Å²) in [4.78, 5) is 21.5. The predicted molar refractivity (Wildman–Crippen MR) is 150 cm³/mol. The minimum absolute atomic E-state index is 0.101. The third-order valence-corrected chi connectivity index (χ3v) is 7.91. The maximum absolute atomic E-state index is 13.6. The van der Waals surface area contributed by atoms with Gasteiger partial charge in [0.2, 0.25) is 0 Å². The molecule has 2 aromatic carbocycles. The van der Waals surface area contributed by atoms with E-state index >= 15 is 0 Å². The van der Waals surface area contributed by atoms with E-state index in [1.54, 1.807) is 7.11 Å². The smallest absolute Gasteiger partial charge is 0.253 e. The minimum Gasteiger partial charge on any atom is -0.497 e. The van der Waals surface area contributed by atoms with Crippen LogP contribution < -0.4 is 15.2 Å². The van der Waals surface area contributed by atoms with Crippen molar-refractivity contribution in [3.8, 4) is 5.75 Å². The number of methoxy groups -OCH3 is 1. The topological polar surface area (TPSA) is 92.2 Å². The van der Waals surface area contributed by atoms with E-state index in [-0.39, 0.29) is 17.1 Å². The molecule has 0 amide bonds. The number of tetrazole rings is 1. The van der Waals surface area contributed by atoms with Crippen LogP contribution in [0.1, 0.15) is 55.7 Å². The van der Waals surface area contributed by atoms with E-state index < -0.39 is 0 Å². The second-order valence-corrected chi connectivity index (χ2v) is 10.8. The van der Waals surface area contributed by atoms with Gasteiger partial charge in [0.25, 0.3) is 5.56 Å². The molecule has 5 rings (SSSR count). The summed E-state index contributed by atoms with van der Waals surface area (Å²) < 4.78 is 7.22. The van der Waals surface area contributed by atoms with Gasteiger partial charge in [-0.2, -0.15) is 0 Å². The maximum atomic E-state index is 13.6. The standard InChI is InChI=1S/C29H37N7O2/c1-7-29(4,5)36-27(31-32-33-36)26(24-18-21-17-19(2)16-20(3)25(21)30-28(24)37)35-14-12-34(13-15-35)22-8-10-23(38-6)11-9-22/h8-11,16-18,26H,7,12-15H2,1-6H3,(H,30,37)/t26-/m1/s1. The van der Waals surface area contributed by atoms with Crippen molar-refractivity contribution in [2.45, 2.75) is 52.6 Å². The van der Waals surface area contributed by atoms with Gasteiger partial charge < -0.3 is 14.6 Å². The van der Waals surface area contributed by atoms with E-state index in [4.69, 9.17) is 4.74 Å². The SMILES string of the molecule is CCC(C)(C)n1nnnc1[C@@H](c1cc2cc(C)cc(C)c2[nH]c1=O)N1CCN(c2ccc(OC)cc2)CC1. The largest absolute Gasteiger partial charge is 0.497 e. The summed E-state index contributed by atoms with van der Waals surface area (Å²) in [5.74, 6) is 1.54. The first-order chi connectivity index (χ1) is 18.2. The molecule has 0 unspecified atom stereocenters. The molecule has 0 aliphatic carbocycles. The molecule has 1 aliphatic heterocycles. The van der Waals surface area contributed by atoms with E-state index in [9.17, 15) is 4.79 Å². The molecule has 9 nitrogen and oxygen atoms in total. The van der Waals surface area contributed by atoms with Crippen LogP contribution in [0.2, 0.25) is 0 Å². The highest BCUT2D eigenvalue weighted by Crippen LogP contribution is 2.32. The summed E-state index contributed by atoms with van der Waals surface area (Å²) >= 11 is 0. The number of pyridine rings is 1. The minimum atomic E-state index is -0.372. The number of hydrogen-bond donors (Lipinski definition) is 1. The molecule has 38 heavy (non-hydrogen) atoms. The van der Waals surface area contributed by atoms with E-state index in [0.717, 1.165) is 66.1 Å². The molecule has 1 atom stereocenters. The third-order valence-electron chi connectivity index (χ3n) is 7.91. The number of H-pyrrole nitrogens is 1.